The summed E-state index contributed by atoms with van der Waals surface area (Å²) in [5.41, 5.74) is 7.42. The van der Waals surface area contributed by atoms with Crippen molar-refractivity contribution in [3.05, 3.63) is 29.8 Å². The van der Waals surface area contributed by atoms with Crippen molar-refractivity contribution in [2.24, 2.45) is 5.92 Å². The van der Waals surface area contributed by atoms with E-state index in [1.807, 2.05) is 31.2 Å². The van der Waals surface area contributed by atoms with Gasteiger partial charge < -0.3 is 10.6 Å². The number of carbonyl (C=O) groups is 1. The van der Waals surface area contributed by atoms with Gasteiger partial charge in [-0.3, -0.25) is 4.79 Å². The maximum absolute atomic E-state index is 11.8. The van der Waals surface area contributed by atoms with Crippen molar-refractivity contribution in [3.63, 3.8) is 0 Å². The van der Waals surface area contributed by atoms with Gasteiger partial charge >= 0.3 is 0 Å². The quantitative estimate of drug-likeness (QED) is 0.804. The largest absolute Gasteiger partial charge is 0.399 e. The van der Waals surface area contributed by atoms with Crippen molar-refractivity contribution in [1.82, 2.24) is 4.90 Å². The summed E-state index contributed by atoms with van der Waals surface area (Å²) in [5.74, 6) is -0.0654. The third kappa shape index (κ3) is 4.46. The summed E-state index contributed by atoms with van der Waals surface area (Å²) >= 11 is 0. The Hall–Kier alpha value is -2.02. The molecule has 0 aliphatic carbocycles. The minimum Gasteiger partial charge on any atom is -0.399 e. The van der Waals surface area contributed by atoms with E-state index in [2.05, 4.69) is 6.07 Å². The maximum atomic E-state index is 11.8. The van der Waals surface area contributed by atoms with Crippen molar-refractivity contribution in [2.45, 2.75) is 19.8 Å². The first-order valence-electron chi connectivity index (χ1n) is 6.01. The van der Waals surface area contributed by atoms with Crippen LogP contribution in [-0.4, -0.2) is 24.4 Å². The zero-order valence-corrected chi connectivity index (χ0v) is 10.9. The first-order valence-corrected chi connectivity index (χ1v) is 6.01. The molecule has 1 amide bonds. The normalized spacial score (nSPS) is 11.6. The van der Waals surface area contributed by atoms with Gasteiger partial charge in [-0.15, -0.1) is 0 Å². The lowest BCUT2D eigenvalue weighted by Crippen LogP contribution is -2.30. The molecule has 2 N–H and O–H groups in total. The van der Waals surface area contributed by atoms with Crippen molar-refractivity contribution in [1.29, 1.82) is 5.26 Å². The summed E-state index contributed by atoms with van der Waals surface area (Å²) in [6, 6.07) is 9.65. The maximum Gasteiger partial charge on any atom is 0.222 e. The molecule has 1 atom stereocenters. The lowest BCUT2D eigenvalue weighted by molar-refractivity contribution is -0.130. The number of hydrogen-bond acceptors (Lipinski definition) is 3. The van der Waals surface area contributed by atoms with Crippen LogP contribution in [0, 0.1) is 17.2 Å². The summed E-state index contributed by atoms with van der Waals surface area (Å²) in [5, 5.41) is 8.70. The number of rotatable bonds is 5. The van der Waals surface area contributed by atoms with Gasteiger partial charge in [-0.25, -0.2) is 0 Å². The second kappa shape index (κ2) is 6.65. The van der Waals surface area contributed by atoms with Gasteiger partial charge in [-0.1, -0.05) is 12.1 Å². The van der Waals surface area contributed by atoms with E-state index in [0.29, 0.717) is 19.4 Å². The van der Waals surface area contributed by atoms with Crippen LogP contribution in [0.4, 0.5) is 5.69 Å². The van der Waals surface area contributed by atoms with Crippen molar-refractivity contribution in [2.75, 3.05) is 19.3 Å². The Morgan fingerprint density at radius 3 is 2.61 bits per heavy atom. The number of carbonyl (C=O) groups excluding carboxylic acids is 1. The minimum absolute atomic E-state index is 0.0638. The van der Waals surface area contributed by atoms with E-state index in [0.717, 1.165) is 11.3 Å². The Balaban J connectivity index is 2.41. The first-order chi connectivity index (χ1) is 8.52. The standard InChI is InChI=1S/C14H19N3O/c1-11(9-15)10-17(2)14(18)8-5-12-3-6-13(16)7-4-12/h3-4,6-7,11H,5,8,10,16H2,1-2H3. The fourth-order valence-corrected chi connectivity index (χ4v) is 1.68. The van der Waals surface area contributed by atoms with Crippen molar-refractivity contribution < 1.29 is 4.79 Å². The van der Waals surface area contributed by atoms with E-state index in [4.69, 9.17) is 11.0 Å². The van der Waals surface area contributed by atoms with E-state index >= 15 is 0 Å². The molecule has 4 nitrogen and oxygen atoms in total. The monoisotopic (exact) mass is 245 g/mol. The average Bonchev–Trinajstić information content (AvgIpc) is 2.37. The van der Waals surface area contributed by atoms with Crippen molar-refractivity contribution >= 4 is 11.6 Å². The summed E-state index contributed by atoms with van der Waals surface area (Å²) < 4.78 is 0. The lowest BCUT2D eigenvalue weighted by Gasteiger charge is -2.18. The van der Waals surface area contributed by atoms with Crippen molar-refractivity contribution in [3.8, 4) is 6.07 Å². The summed E-state index contributed by atoms with van der Waals surface area (Å²) in [6.45, 7) is 2.29. The second-order valence-corrected chi connectivity index (χ2v) is 4.55. The van der Waals surface area contributed by atoms with Crippen LogP contribution in [0.3, 0.4) is 0 Å². The summed E-state index contributed by atoms with van der Waals surface area (Å²) in [6.07, 6.45) is 1.16. The predicted octanol–water partition coefficient (Wildman–Crippen LogP) is 1.82. The SMILES string of the molecule is CC(C#N)CN(C)C(=O)CCc1ccc(N)cc1. The van der Waals surface area contributed by atoms with Gasteiger partial charge in [-0.2, -0.15) is 5.26 Å². The fourth-order valence-electron chi connectivity index (χ4n) is 1.68. The number of nitriles is 1. The third-order valence-corrected chi connectivity index (χ3v) is 2.80. The highest BCUT2D eigenvalue weighted by Gasteiger charge is 2.11. The molecule has 0 saturated carbocycles. The molecule has 0 aliphatic rings. The smallest absolute Gasteiger partial charge is 0.222 e. The van der Waals surface area contributed by atoms with E-state index in [9.17, 15) is 4.79 Å². The van der Waals surface area contributed by atoms with Gasteiger partial charge in [-0.05, 0) is 31.0 Å². The molecule has 0 radical (unpaired) electrons. The van der Waals surface area contributed by atoms with Gasteiger partial charge in [0.15, 0.2) is 0 Å². The number of nitrogen functional groups attached to an aromatic ring is 1. The van der Waals surface area contributed by atoms with Crippen LogP contribution in [0.1, 0.15) is 18.9 Å². The third-order valence-electron chi connectivity index (χ3n) is 2.80. The van der Waals surface area contributed by atoms with Gasteiger partial charge in [0, 0.05) is 25.7 Å². The van der Waals surface area contributed by atoms with E-state index < -0.39 is 0 Å². The lowest BCUT2D eigenvalue weighted by atomic mass is 10.1. The Morgan fingerprint density at radius 1 is 1.44 bits per heavy atom. The molecule has 18 heavy (non-hydrogen) atoms. The molecule has 96 valence electrons. The topological polar surface area (TPSA) is 70.1 Å². The molecule has 0 heterocycles. The number of anilines is 1. The Morgan fingerprint density at radius 2 is 2.06 bits per heavy atom. The predicted molar refractivity (Wildman–Crippen MR) is 71.6 cm³/mol. The van der Waals surface area contributed by atoms with Crippen LogP contribution < -0.4 is 5.73 Å². The van der Waals surface area contributed by atoms with Crippen LogP contribution in [0.2, 0.25) is 0 Å². The van der Waals surface area contributed by atoms with E-state index in [1.54, 1.807) is 11.9 Å². The number of hydrogen-bond donors (Lipinski definition) is 1. The molecule has 1 aromatic carbocycles. The summed E-state index contributed by atoms with van der Waals surface area (Å²) in [4.78, 5) is 13.4. The highest BCUT2D eigenvalue weighted by Crippen LogP contribution is 2.09. The summed E-state index contributed by atoms with van der Waals surface area (Å²) in [7, 11) is 1.74. The van der Waals surface area contributed by atoms with Crippen LogP contribution in [-0.2, 0) is 11.2 Å². The molecule has 0 bridgehead atoms. The van der Waals surface area contributed by atoms with E-state index in [1.165, 1.54) is 0 Å². The Kier molecular flexibility index (Phi) is 5.19. The zero-order valence-electron chi connectivity index (χ0n) is 10.9. The molecule has 0 aliphatic heterocycles. The molecule has 4 heteroatoms. The Labute approximate surface area is 108 Å². The molecule has 1 aromatic rings. The van der Waals surface area contributed by atoms with Crippen LogP contribution >= 0.6 is 0 Å². The minimum atomic E-state index is -0.129. The number of benzene rings is 1. The van der Waals surface area contributed by atoms with Crippen LogP contribution in [0.5, 0.6) is 0 Å². The number of amides is 1. The van der Waals surface area contributed by atoms with Gasteiger partial charge in [0.25, 0.3) is 0 Å². The molecule has 1 rings (SSSR count). The molecule has 0 fully saturated rings. The molecule has 0 saturated heterocycles. The molecule has 1 unspecified atom stereocenters. The first kappa shape index (κ1) is 14.0. The average molecular weight is 245 g/mol. The second-order valence-electron chi connectivity index (χ2n) is 4.55. The van der Waals surface area contributed by atoms with Crippen LogP contribution in [0.25, 0.3) is 0 Å². The Bertz CT molecular complexity index is 433. The molecular formula is C14H19N3O. The van der Waals surface area contributed by atoms with Gasteiger partial charge in [0.05, 0.1) is 12.0 Å². The number of aryl methyl sites for hydroxylation is 1. The number of nitrogens with two attached hydrogens (primary N) is 1. The molecule has 0 spiro atoms. The highest BCUT2D eigenvalue weighted by atomic mass is 16.2. The molecular weight excluding hydrogens is 226 g/mol. The number of nitrogens with zero attached hydrogens (tertiary/aromatic N) is 2. The van der Waals surface area contributed by atoms with Gasteiger partial charge in [0.2, 0.25) is 5.91 Å². The zero-order chi connectivity index (χ0) is 13.5. The highest BCUT2D eigenvalue weighted by molar-refractivity contribution is 5.76. The van der Waals surface area contributed by atoms with Crippen LogP contribution in [0.15, 0.2) is 24.3 Å². The van der Waals surface area contributed by atoms with Gasteiger partial charge in [0.1, 0.15) is 0 Å². The molecule has 0 aromatic heterocycles. The fraction of sp³-hybridized carbons (Fsp3) is 0.429. The van der Waals surface area contributed by atoms with E-state index in [-0.39, 0.29) is 11.8 Å².